The second-order valence-electron chi connectivity index (χ2n) is 6.50. The van der Waals surface area contributed by atoms with E-state index >= 15 is 0 Å². The normalized spacial score (nSPS) is 25.4. The Bertz CT molecular complexity index is 643. The molecule has 9 heteroatoms. The van der Waals surface area contributed by atoms with Crippen LogP contribution < -0.4 is 0 Å². The van der Waals surface area contributed by atoms with Crippen molar-refractivity contribution in [3.8, 4) is 0 Å². The number of hydrogen-bond donors (Lipinski definition) is 1. The maximum Gasteiger partial charge on any atom is 0.435 e. The Morgan fingerprint density at radius 3 is 2.71 bits per heavy atom. The number of carbonyl (C=O) groups excluding carboxylic acids is 2. The molecule has 1 aromatic rings. The first-order valence-corrected chi connectivity index (χ1v) is 7.91. The lowest BCUT2D eigenvalue weighted by atomic mass is 9.93. The summed E-state index contributed by atoms with van der Waals surface area (Å²) in [6.07, 6.45) is -2.85. The molecule has 0 bridgehead atoms. The summed E-state index contributed by atoms with van der Waals surface area (Å²) in [7, 11) is 1.66. The zero-order valence-electron chi connectivity index (χ0n) is 13.3. The molecule has 0 unspecified atom stereocenters. The van der Waals surface area contributed by atoms with Crippen LogP contribution in [0.5, 0.6) is 0 Å². The number of nitrogens with zero attached hydrogens (tertiary/aromatic N) is 3. The van der Waals surface area contributed by atoms with E-state index in [2.05, 4.69) is 10.2 Å². The Balaban J connectivity index is 1.67. The highest BCUT2D eigenvalue weighted by Gasteiger charge is 2.38. The van der Waals surface area contributed by atoms with Gasteiger partial charge in [-0.05, 0) is 18.9 Å². The molecule has 132 valence electrons. The van der Waals surface area contributed by atoms with E-state index < -0.39 is 11.9 Å². The monoisotopic (exact) mass is 344 g/mol. The number of rotatable bonds is 2. The maximum absolute atomic E-state index is 12.7. The molecule has 0 aliphatic carbocycles. The molecule has 0 aromatic carbocycles. The van der Waals surface area contributed by atoms with Crippen LogP contribution in [0.3, 0.4) is 0 Å². The van der Waals surface area contributed by atoms with Crippen molar-refractivity contribution in [3.05, 3.63) is 17.5 Å². The van der Waals surface area contributed by atoms with Gasteiger partial charge in [-0.3, -0.25) is 14.7 Å². The number of likely N-dealkylation sites (tertiary alicyclic amines) is 2. The number of carbonyl (C=O) groups is 2. The van der Waals surface area contributed by atoms with E-state index in [1.165, 1.54) is 4.90 Å². The molecule has 3 heterocycles. The van der Waals surface area contributed by atoms with E-state index in [9.17, 15) is 22.8 Å². The van der Waals surface area contributed by atoms with Crippen molar-refractivity contribution < 1.29 is 22.8 Å². The van der Waals surface area contributed by atoms with Gasteiger partial charge in [0.2, 0.25) is 11.8 Å². The Morgan fingerprint density at radius 1 is 1.38 bits per heavy atom. The van der Waals surface area contributed by atoms with Gasteiger partial charge in [0.1, 0.15) is 0 Å². The minimum absolute atomic E-state index is 0.0507. The molecule has 2 aliphatic heterocycles. The summed E-state index contributed by atoms with van der Waals surface area (Å²) in [5, 5.41) is 5.78. The van der Waals surface area contributed by atoms with Crippen LogP contribution in [0.25, 0.3) is 0 Å². The minimum atomic E-state index is -4.48. The molecule has 2 aliphatic rings. The molecule has 2 atom stereocenters. The van der Waals surface area contributed by atoms with E-state index in [4.69, 9.17) is 0 Å². The van der Waals surface area contributed by atoms with E-state index in [-0.39, 0.29) is 30.1 Å². The number of halogens is 3. The van der Waals surface area contributed by atoms with Gasteiger partial charge in [0.05, 0.1) is 5.92 Å². The van der Waals surface area contributed by atoms with Crippen LogP contribution in [-0.2, 0) is 15.8 Å². The Kier molecular flexibility index (Phi) is 4.27. The summed E-state index contributed by atoms with van der Waals surface area (Å²) in [6.45, 7) is 1.33. The number of aromatic nitrogens is 2. The van der Waals surface area contributed by atoms with Gasteiger partial charge < -0.3 is 9.80 Å². The average Bonchev–Trinajstić information content (AvgIpc) is 3.14. The van der Waals surface area contributed by atoms with Crippen LogP contribution in [0.1, 0.15) is 36.6 Å². The summed E-state index contributed by atoms with van der Waals surface area (Å²) in [6, 6.07) is 1.02. The summed E-state index contributed by atoms with van der Waals surface area (Å²) in [5.41, 5.74) is -0.539. The van der Waals surface area contributed by atoms with Crippen LogP contribution >= 0.6 is 0 Å². The molecule has 24 heavy (non-hydrogen) atoms. The van der Waals surface area contributed by atoms with Gasteiger partial charge in [0, 0.05) is 44.7 Å². The standard InChI is InChI=1S/C15H19F3N4O2/c1-21-7-10(5-13(21)23)14(24)22-4-2-3-9(8-22)11-6-12(20-19-11)15(16,17)18/h6,9-10H,2-5,7-8H2,1H3,(H,19,20)/t9-,10+/m1/s1. The molecule has 0 saturated carbocycles. The van der Waals surface area contributed by atoms with Gasteiger partial charge in [0.25, 0.3) is 0 Å². The third-order valence-electron chi connectivity index (χ3n) is 4.75. The molecular formula is C15H19F3N4O2. The number of alkyl halides is 3. The third-order valence-corrected chi connectivity index (χ3v) is 4.75. The first-order valence-electron chi connectivity index (χ1n) is 7.91. The first kappa shape index (κ1) is 16.8. The van der Waals surface area contributed by atoms with Crippen molar-refractivity contribution in [1.29, 1.82) is 0 Å². The van der Waals surface area contributed by atoms with Crippen LogP contribution in [0.4, 0.5) is 13.2 Å². The fourth-order valence-corrected chi connectivity index (χ4v) is 3.41. The minimum Gasteiger partial charge on any atom is -0.345 e. The molecule has 0 radical (unpaired) electrons. The molecular weight excluding hydrogens is 325 g/mol. The summed E-state index contributed by atoms with van der Waals surface area (Å²) in [5.74, 6) is -0.687. The van der Waals surface area contributed by atoms with Crippen molar-refractivity contribution in [3.63, 3.8) is 0 Å². The molecule has 2 fully saturated rings. The number of amides is 2. The predicted octanol–water partition coefficient (Wildman–Crippen LogP) is 1.61. The van der Waals surface area contributed by atoms with Gasteiger partial charge in [-0.1, -0.05) is 0 Å². The molecule has 3 rings (SSSR count). The molecule has 0 spiro atoms. The lowest BCUT2D eigenvalue weighted by Gasteiger charge is -2.33. The number of piperidine rings is 1. The number of H-pyrrole nitrogens is 1. The number of aromatic amines is 1. The Morgan fingerprint density at radius 2 is 2.12 bits per heavy atom. The zero-order valence-corrected chi connectivity index (χ0v) is 13.3. The Labute approximate surface area is 137 Å². The van der Waals surface area contributed by atoms with Gasteiger partial charge in [-0.25, -0.2) is 0 Å². The summed E-state index contributed by atoms with van der Waals surface area (Å²) >= 11 is 0. The maximum atomic E-state index is 12.7. The third kappa shape index (κ3) is 3.25. The van der Waals surface area contributed by atoms with Crippen LogP contribution in [-0.4, -0.2) is 58.5 Å². The van der Waals surface area contributed by atoms with Gasteiger partial charge >= 0.3 is 6.18 Å². The van der Waals surface area contributed by atoms with Gasteiger partial charge in [-0.15, -0.1) is 0 Å². The molecule has 1 aromatic heterocycles. The second kappa shape index (κ2) is 6.10. The van der Waals surface area contributed by atoms with Crippen molar-refractivity contribution in [1.82, 2.24) is 20.0 Å². The zero-order chi connectivity index (χ0) is 17.5. The van der Waals surface area contributed by atoms with E-state index in [0.717, 1.165) is 6.07 Å². The largest absolute Gasteiger partial charge is 0.435 e. The lowest BCUT2D eigenvalue weighted by Crippen LogP contribution is -2.43. The van der Waals surface area contributed by atoms with Crippen LogP contribution in [0, 0.1) is 5.92 Å². The van der Waals surface area contributed by atoms with Gasteiger partial charge in [-0.2, -0.15) is 18.3 Å². The molecule has 1 N–H and O–H groups in total. The lowest BCUT2D eigenvalue weighted by molar-refractivity contribution is -0.141. The van der Waals surface area contributed by atoms with Crippen molar-refractivity contribution in [2.75, 3.05) is 26.7 Å². The van der Waals surface area contributed by atoms with E-state index in [1.807, 2.05) is 0 Å². The summed E-state index contributed by atoms with van der Waals surface area (Å²) in [4.78, 5) is 27.4. The quantitative estimate of drug-likeness (QED) is 0.886. The highest BCUT2D eigenvalue weighted by atomic mass is 19.4. The first-order chi connectivity index (χ1) is 11.3. The van der Waals surface area contributed by atoms with Gasteiger partial charge in [0.15, 0.2) is 5.69 Å². The van der Waals surface area contributed by atoms with Crippen molar-refractivity contribution in [2.24, 2.45) is 5.92 Å². The van der Waals surface area contributed by atoms with E-state index in [0.29, 0.717) is 38.2 Å². The molecule has 6 nitrogen and oxygen atoms in total. The van der Waals surface area contributed by atoms with Crippen molar-refractivity contribution in [2.45, 2.75) is 31.4 Å². The SMILES string of the molecule is CN1C[C@@H](C(=O)N2CCC[C@@H](c3cc(C(F)(F)F)n[nH]3)C2)CC1=O. The van der Waals surface area contributed by atoms with Crippen molar-refractivity contribution >= 4 is 11.8 Å². The number of hydrogen-bond acceptors (Lipinski definition) is 3. The number of nitrogens with one attached hydrogen (secondary N) is 1. The van der Waals surface area contributed by atoms with E-state index in [1.54, 1.807) is 11.9 Å². The van der Waals surface area contributed by atoms with Crippen LogP contribution in [0.2, 0.25) is 0 Å². The molecule has 2 saturated heterocycles. The highest BCUT2D eigenvalue weighted by molar-refractivity contribution is 5.89. The topological polar surface area (TPSA) is 69.3 Å². The highest BCUT2D eigenvalue weighted by Crippen LogP contribution is 2.32. The average molecular weight is 344 g/mol. The fourth-order valence-electron chi connectivity index (χ4n) is 3.41. The predicted molar refractivity (Wildman–Crippen MR) is 77.9 cm³/mol. The fraction of sp³-hybridized carbons (Fsp3) is 0.667. The van der Waals surface area contributed by atoms with Crippen LogP contribution in [0.15, 0.2) is 6.07 Å². The smallest absolute Gasteiger partial charge is 0.345 e. The summed E-state index contributed by atoms with van der Waals surface area (Å²) < 4.78 is 38.0. The second-order valence-corrected chi connectivity index (χ2v) is 6.50. The Hall–Kier alpha value is -2.06. The molecule has 2 amide bonds.